The molecule has 1 N–H and O–H groups in total. The van der Waals surface area contributed by atoms with Crippen LogP contribution < -0.4 is 0 Å². The van der Waals surface area contributed by atoms with Crippen LogP contribution in [0.5, 0.6) is 0 Å². The van der Waals surface area contributed by atoms with E-state index in [0.717, 1.165) is 25.7 Å². The summed E-state index contributed by atoms with van der Waals surface area (Å²) in [6.07, 6.45) is 5.33. The number of sulfone groups is 1. The summed E-state index contributed by atoms with van der Waals surface area (Å²) in [6, 6.07) is 0. The average molecular weight is 248 g/mol. The van der Waals surface area contributed by atoms with E-state index >= 15 is 0 Å². The van der Waals surface area contributed by atoms with Crippen molar-refractivity contribution >= 4 is 15.8 Å². The highest BCUT2D eigenvalue weighted by Gasteiger charge is 2.33. The van der Waals surface area contributed by atoms with Gasteiger partial charge in [-0.25, -0.2) is 8.42 Å². The topological polar surface area (TPSA) is 71.4 Å². The third kappa shape index (κ3) is 3.47. The van der Waals surface area contributed by atoms with Crippen molar-refractivity contribution in [3.63, 3.8) is 0 Å². The largest absolute Gasteiger partial charge is 0.480 e. The lowest BCUT2D eigenvalue weighted by Gasteiger charge is -2.22. The predicted octanol–water partition coefficient (Wildman–Crippen LogP) is 1.84. The molecule has 0 spiro atoms. The van der Waals surface area contributed by atoms with Gasteiger partial charge >= 0.3 is 5.97 Å². The zero-order chi connectivity index (χ0) is 12.2. The predicted molar refractivity (Wildman–Crippen MR) is 62.1 cm³/mol. The lowest BCUT2D eigenvalue weighted by atomic mass is 9.91. The van der Waals surface area contributed by atoms with Crippen LogP contribution in [0.25, 0.3) is 0 Å². The van der Waals surface area contributed by atoms with Gasteiger partial charge in [0.2, 0.25) is 0 Å². The SMILES string of the molecule is CCC(C(=O)O)S(=O)(=O)CC1CCCCC1. The van der Waals surface area contributed by atoms with Crippen LogP contribution in [0.15, 0.2) is 0 Å². The van der Waals surface area contributed by atoms with Gasteiger partial charge in [-0.2, -0.15) is 0 Å². The average Bonchev–Trinajstić information content (AvgIpc) is 2.18. The molecular weight excluding hydrogens is 228 g/mol. The van der Waals surface area contributed by atoms with Gasteiger partial charge in [0.15, 0.2) is 15.1 Å². The van der Waals surface area contributed by atoms with Crippen molar-refractivity contribution in [3.8, 4) is 0 Å². The van der Waals surface area contributed by atoms with Crippen molar-refractivity contribution in [2.75, 3.05) is 5.75 Å². The van der Waals surface area contributed by atoms with Crippen molar-refractivity contribution in [1.82, 2.24) is 0 Å². The van der Waals surface area contributed by atoms with Crippen molar-refractivity contribution in [1.29, 1.82) is 0 Å². The van der Waals surface area contributed by atoms with E-state index in [1.807, 2.05) is 0 Å². The lowest BCUT2D eigenvalue weighted by Crippen LogP contribution is -2.34. The van der Waals surface area contributed by atoms with Crippen LogP contribution in [0.3, 0.4) is 0 Å². The van der Waals surface area contributed by atoms with Gasteiger partial charge in [-0.3, -0.25) is 4.79 Å². The van der Waals surface area contributed by atoms with Gasteiger partial charge in [-0.15, -0.1) is 0 Å². The van der Waals surface area contributed by atoms with E-state index in [-0.39, 0.29) is 18.1 Å². The van der Waals surface area contributed by atoms with Crippen LogP contribution in [-0.2, 0) is 14.6 Å². The van der Waals surface area contributed by atoms with E-state index in [1.165, 1.54) is 6.42 Å². The molecule has 4 nitrogen and oxygen atoms in total. The third-order valence-corrected chi connectivity index (χ3v) is 5.61. The Bertz CT molecular complexity index is 328. The number of rotatable bonds is 5. The van der Waals surface area contributed by atoms with Gasteiger partial charge in [0.25, 0.3) is 0 Å². The van der Waals surface area contributed by atoms with Crippen LogP contribution in [0.2, 0.25) is 0 Å². The van der Waals surface area contributed by atoms with E-state index in [1.54, 1.807) is 6.92 Å². The van der Waals surface area contributed by atoms with E-state index in [4.69, 9.17) is 5.11 Å². The van der Waals surface area contributed by atoms with Crippen LogP contribution >= 0.6 is 0 Å². The molecule has 1 atom stereocenters. The number of aliphatic carboxylic acids is 1. The molecule has 0 amide bonds. The van der Waals surface area contributed by atoms with Gasteiger partial charge in [-0.1, -0.05) is 26.2 Å². The van der Waals surface area contributed by atoms with E-state index in [2.05, 4.69) is 0 Å². The Kier molecular flexibility index (Phi) is 4.77. The second kappa shape index (κ2) is 5.66. The quantitative estimate of drug-likeness (QED) is 0.806. The molecule has 0 heterocycles. The summed E-state index contributed by atoms with van der Waals surface area (Å²) in [5.41, 5.74) is 0. The molecule has 0 saturated heterocycles. The fraction of sp³-hybridized carbons (Fsp3) is 0.909. The fourth-order valence-electron chi connectivity index (χ4n) is 2.38. The zero-order valence-electron chi connectivity index (χ0n) is 9.68. The van der Waals surface area contributed by atoms with E-state index in [9.17, 15) is 13.2 Å². The summed E-state index contributed by atoms with van der Waals surface area (Å²) >= 11 is 0. The second-order valence-corrected chi connectivity index (χ2v) is 6.80. The Morgan fingerprint density at radius 1 is 1.31 bits per heavy atom. The maximum atomic E-state index is 11.9. The molecule has 1 aliphatic carbocycles. The first kappa shape index (κ1) is 13.5. The van der Waals surface area contributed by atoms with Crippen molar-refractivity contribution in [3.05, 3.63) is 0 Å². The lowest BCUT2D eigenvalue weighted by molar-refractivity contribution is -0.136. The Balaban J connectivity index is 2.65. The monoisotopic (exact) mass is 248 g/mol. The molecule has 1 rings (SSSR count). The summed E-state index contributed by atoms with van der Waals surface area (Å²) in [5, 5.41) is 7.65. The first-order valence-corrected chi connectivity index (χ1v) is 7.63. The zero-order valence-corrected chi connectivity index (χ0v) is 10.5. The van der Waals surface area contributed by atoms with E-state index in [0.29, 0.717) is 0 Å². The summed E-state index contributed by atoms with van der Waals surface area (Å²) in [6.45, 7) is 1.61. The summed E-state index contributed by atoms with van der Waals surface area (Å²) in [7, 11) is -3.47. The number of carbonyl (C=O) groups is 1. The molecule has 0 radical (unpaired) electrons. The molecule has 0 aromatic carbocycles. The van der Waals surface area contributed by atoms with Gasteiger partial charge in [0.1, 0.15) is 0 Å². The third-order valence-electron chi connectivity index (χ3n) is 3.27. The molecule has 1 fully saturated rings. The van der Waals surface area contributed by atoms with E-state index < -0.39 is 21.1 Å². The van der Waals surface area contributed by atoms with Crippen LogP contribution in [0.4, 0.5) is 0 Å². The van der Waals surface area contributed by atoms with Crippen LogP contribution in [0.1, 0.15) is 45.4 Å². The van der Waals surface area contributed by atoms with Crippen molar-refractivity contribution in [2.45, 2.75) is 50.7 Å². The highest BCUT2D eigenvalue weighted by molar-refractivity contribution is 7.92. The minimum Gasteiger partial charge on any atom is -0.480 e. The molecule has 1 saturated carbocycles. The minimum absolute atomic E-state index is 0.0534. The first-order valence-electron chi connectivity index (χ1n) is 5.91. The Morgan fingerprint density at radius 3 is 2.31 bits per heavy atom. The number of carboxylic acid groups (broad SMARTS) is 1. The summed E-state index contributed by atoms with van der Waals surface area (Å²) < 4.78 is 23.8. The maximum absolute atomic E-state index is 11.9. The van der Waals surface area contributed by atoms with Crippen molar-refractivity contribution in [2.24, 2.45) is 5.92 Å². The van der Waals surface area contributed by atoms with Crippen LogP contribution in [0, 0.1) is 5.92 Å². The Labute approximate surface area is 97.0 Å². The molecule has 0 bridgehead atoms. The second-order valence-electron chi connectivity index (χ2n) is 4.57. The van der Waals surface area contributed by atoms with Gasteiger partial charge in [0.05, 0.1) is 5.75 Å². The Morgan fingerprint density at radius 2 is 1.88 bits per heavy atom. The first-order chi connectivity index (χ1) is 7.47. The number of carboxylic acids is 1. The highest BCUT2D eigenvalue weighted by Crippen LogP contribution is 2.26. The minimum atomic E-state index is -3.47. The molecule has 94 valence electrons. The smallest absolute Gasteiger partial charge is 0.321 e. The molecule has 0 aliphatic heterocycles. The molecule has 16 heavy (non-hydrogen) atoms. The molecule has 0 aromatic heterocycles. The normalized spacial score (nSPS) is 20.6. The number of hydrogen-bond donors (Lipinski definition) is 1. The molecular formula is C11H20O4S. The maximum Gasteiger partial charge on any atom is 0.321 e. The molecule has 5 heteroatoms. The summed E-state index contributed by atoms with van der Waals surface area (Å²) in [5.74, 6) is -0.983. The van der Waals surface area contributed by atoms with Gasteiger partial charge in [-0.05, 0) is 25.2 Å². The number of hydrogen-bond acceptors (Lipinski definition) is 3. The van der Waals surface area contributed by atoms with Crippen LogP contribution in [-0.4, -0.2) is 30.5 Å². The highest BCUT2D eigenvalue weighted by atomic mass is 32.2. The molecule has 1 unspecified atom stereocenters. The van der Waals surface area contributed by atoms with Gasteiger partial charge < -0.3 is 5.11 Å². The standard InChI is InChI=1S/C11H20O4S/c1-2-10(11(12)13)16(14,15)8-9-6-4-3-5-7-9/h9-10H,2-8H2,1H3,(H,12,13). The fourth-order valence-corrected chi connectivity index (χ4v) is 4.42. The van der Waals surface area contributed by atoms with Gasteiger partial charge in [0, 0.05) is 0 Å². The Hall–Kier alpha value is -0.580. The molecule has 0 aromatic rings. The molecule has 1 aliphatic rings. The van der Waals surface area contributed by atoms with Crippen molar-refractivity contribution < 1.29 is 18.3 Å². The summed E-state index contributed by atoms with van der Waals surface area (Å²) in [4.78, 5) is 10.8.